The first kappa shape index (κ1) is 17.2. The molecule has 130 valence electrons. The van der Waals surface area contributed by atoms with Crippen LogP contribution in [0.4, 0.5) is 0 Å². The zero-order valence-corrected chi connectivity index (χ0v) is 15.0. The van der Waals surface area contributed by atoms with E-state index in [0.717, 1.165) is 21.9 Å². The van der Waals surface area contributed by atoms with E-state index in [1.165, 1.54) is 11.3 Å². The zero-order valence-electron chi connectivity index (χ0n) is 14.1. The fourth-order valence-corrected chi connectivity index (χ4v) is 3.09. The minimum atomic E-state index is -0.405. The fourth-order valence-electron chi connectivity index (χ4n) is 2.30. The third-order valence-electron chi connectivity index (χ3n) is 3.51. The first-order valence-corrected chi connectivity index (χ1v) is 8.87. The molecule has 0 amide bonds. The van der Waals surface area contributed by atoms with E-state index in [-0.39, 0.29) is 0 Å². The van der Waals surface area contributed by atoms with Crippen molar-refractivity contribution in [1.29, 1.82) is 0 Å². The largest absolute Gasteiger partial charge is 0.494 e. The molecule has 0 aliphatic heterocycles. The highest BCUT2D eigenvalue weighted by Crippen LogP contribution is 2.26. The molecule has 1 aromatic carbocycles. The van der Waals surface area contributed by atoms with Crippen LogP contribution >= 0.6 is 11.3 Å². The third-order valence-corrected chi connectivity index (χ3v) is 4.40. The number of benzene rings is 1. The summed E-state index contributed by atoms with van der Waals surface area (Å²) in [4.78, 5) is 16.5. The number of aromatic nitrogens is 3. The Hall–Kier alpha value is -2.67. The van der Waals surface area contributed by atoms with E-state index in [4.69, 9.17) is 9.47 Å². The molecule has 2 heterocycles. The maximum Gasteiger partial charge on any atom is 0.357 e. The minimum absolute atomic E-state index is 0.306. The second kappa shape index (κ2) is 7.94. The molecule has 0 bridgehead atoms. The zero-order chi connectivity index (χ0) is 17.6. The predicted molar refractivity (Wildman–Crippen MR) is 95.9 cm³/mol. The highest BCUT2D eigenvalue weighted by atomic mass is 32.1. The van der Waals surface area contributed by atoms with Crippen LogP contribution in [-0.2, 0) is 18.2 Å². The number of hydrogen-bond donors (Lipinski definition) is 0. The average molecular weight is 357 g/mol. The van der Waals surface area contributed by atoms with Crippen LogP contribution in [0.1, 0.15) is 23.0 Å². The van der Waals surface area contributed by atoms with E-state index in [2.05, 4.69) is 10.1 Å². The fraction of sp³-hybridized carbons (Fsp3) is 0.278. The first-order chi connectivity index (χ1) is 12.2. The Morgan fingerprint density at radius 2 is 2.08 bits per heavy atom. The molecule has 0 radical (unpaired) electrons. The van der Waals surface area contributed by atoms with Gasteiger partial charge in [0.25, 0.3) is 0 Å². The predicted octanol–water partition coefficient (Wildman–Crippen LogP) is 3.34. The number of esters is 1. The quantitative estimate of drug-likeness (QED) is 0.607. The summed E-state index contributed by atoms with van der Waals surface area (Å²) >= 11 is 1.42. The molecule has 0 fully saturated rings. The van der Waals surface area contributed by atoms with Crippen molar-refractivity contribution < 1.29 is 14.3 Å². The number of carbonyl (C=O) groups excluding carboxylic acids is 1. The molecule has 0 saturated heterocycles. The molecule has 0 unspecified atom stereocenters. The Bertz CT molecular complexity index is 839. The van der Waals surface area contributed by atoms with E-state index in [0.29, 0.717) is 25.3 Å². The second-order valence-electron chi connectivity index (χ2n) is 5.40. The average Bonchev–Trinajstić information content (AvgIpc) is 3.25. The maximum atomic E-state index is 12.1. The standard InChI is InChI=1S/C18H19N3O3S/c1-3-23-15-6-4-14(5-7-15)17-20-16(12-25-17)18(22)24-9-8-13-10-19-21(2)11-13/h4-7,10-12H,3,8-9H2,1-2H3. The van der Waals surface area contributed by atoms with Gasteiger partial charge < -0.3 is 9.47 Å². The van der Waals surface area contributed by atoms with Gasteiger partial charge in [0.2, 0.25) is 0 Å². The maximum absolute atomic E-state index is 12.1. The highest BCUT2D eigenvalue weighted by molar-refractivity contribution is 7.13. The monoisotopic (exact) mass is 357 g/mol. The highest BCUT2D eigenvalue weighted by Gasteiger charge is 2.13. The molecule has 0 spiro atoms. The number of carbonyl (C=O) groups is 1. The molecule has 0 atom stereocenters. The van der Waals surface area contributed by atoms with E-state index >= 15 is 0 Å². The van der Waals surface area contributed by atoms with Gasteiger partial charge in [-0.05, 0) is 36.8 Å². The number of thiazole rings is 1. The van der Waals surface area contributed by atoms with Crippen LogP contribution in [0.5, 0.6) is 5.75 Å². The van der Waals surface area contributed by atoms with Crippen LogP contribution < -0.4 is 4.74 Å². The van der Waals surface area contributed by atoms with Gasteiger partial charge in [0.1, 0.15) is 10.8 Å². The first-order valence-electron chi connectivity index (χ1n) is 7.99. The van der Waals surface area contributed by atoms with Crippen molar-refractivity contribution in [3.63, 3.8) is 0 Å². The van der Waals surface area contributed by atoms with Gasteiger partial charge in [-0.15, -0.1) is 11.3 Å². The van der Waals surface area contributed by atoms with Crippen LogP contribution in [-0.4, -0.2) is 33.9 Å². The van der Waals surface area contributed by atoms with Crippen molar-refractivity contribution in [3.05, 3.63) is 53.3 Å². The number of aryl methyl sites for hydroxylation is 1. The Morgan fingerprint density at radius 1 is 1.28 bits per heavy atom. The van der Waals surface area contributed by atoms with Gasteiger partial charge in [0, 0.05) is 30.6 Å². The van der Waals surface area contributed by atoms with Crippen LogP contribution in [0, 0.1) is 0 Å². The molecular weight excluding hydrogens is 338 g/mol. The van der Waals surface area contributed by atoms with Crippen LogP contribution in [0.2, 0.25) is 0 Å². The van der Waals surface area contributed by atoms with Gasteiger partial charge in [-0.2, -0.15) is 5.10 Å². The number of nitrogens with zero attached hydrogens (tertiary/aromatic N) is 3. The van der Waals surface area contributed by atoms with Crippen molar-refractivity contribution in [2.24, 2.45) is 7.05 Å². The van der Waals surface area contributed by atoms with Gasteiger partial charge in [-0.1, -0.05) is 0 Å². The van der Waals surface area contributed by atoms with Crippen molar-refractivity contribution in [1.82, 2.24) is 14.8 Å². The summed E-state index contributed by atoms with van der Waals surface area (Å²) in [5, 5.41) is 6.58. The van der Waals surface area contributed by atoms with Crippen molar-refractivity contribution in [3.8, 4) is 16.3 Å². The summed E-state index contributed by atoms with van der Waals surface area (Å²) in [6, 6.07) is 7.65. The summed E-state index contributed by atoms with van der Waals surface area (Å²) in [7, 11) is 1.85. The molecule has 0 aliphatic carbocycles. The van der Waals surface area contributed by atoms with Gasteiger partial charge in [0.05, 0.1) is 19.4 Å². The molecule has 0 saturated carbocycles. The van der Waals surface area contributed by atoms with Gasteiger partial charge in [-0.3, -0.25) is 4.68 Å². The van der Waals surface area contributed by atoms with Crippen LogP contribution in [0.3, 0.4) is 0 Å². The van der Waals surface area contributed by atoms with Gasteiger partial charge in [0.15, 0.2) is 5.69 Å². The summed E-state index contributed by atoms with van der Waals surface area (Å²) in [5.74, 6) is 0.412. The molecular formula is C18H19N3O3S. The topological polar surface area (TPSA) is 66.2 Å². The van der Waals surface area contributed by atoms with E-state index in [1.807, 2.05) is 44.4 Å². The van der Waals surface area contributed by atoms with E-state index < -0.39 is 5.97 Å². The minimum Gasteiger partial charge on any atom is -0.494 e. The van der Waals surface area contributed by atoms with Gasteiger partial charge in [-0.25, -0.2) is 9.78 Å². The SMILES string of the molecule is CCOc1ccc(-c2nc(C(=O)OCCc3cnn(C)c3)cs2)cc1. The molecule has 2 aromatic heterocycles. The second-order valence-corrected chi connectivity index (χ2v) is 6.26. The van der Waals surface area contributed by atoms with Crippen LogP contribution in [0.25, 0.3) is 10.6 Å². The lowest BCUT2D eigenvalue weighted by Gasteiger charge is -2.03. The number of ether oxygens (including phenoxy) is 2. The number of rotatable bonds is 7. The molecule has 0 N–H and O–H groups in total. The Balaban J connectivity index is 1.57. The lowest BCUT2D eigenvalue weighted by atomic mass is 10.2. The third kappa shape index (κ3) is 4.45. The summed E-state index contributed by atoms with van der Waals surface area (Å²) in [6.45, 7) is 2.88. The normalized spacial score (nSPS) is 10.6. The van der Waals surface area contributed by atoms with Crippen molar-refractivity contribution in [2.45, 2.75) is 13.3 Å². The van der Waals surface area contributed by atoms with E-state index in [9.17, 15) is 4.79 Å². The summed E-state index contributed by atoms with van der Waals surface area (Å²) in [6.07, 6.45) is 4.30. The molecule has 6 nitrogen and oxygen atoms in total. The molecule has 3 aromatic rings. The molecule has 25 heavy (non-hydrogen) atoms. The Morgan fingerprint density at radius 3 is 2.76 bits per heavy atom. The molecule has 3 rings (SSSR count). The number of hydrogen-bond acceptors (Lipinski definition) is 6. The van der Waals surface area contributed by atoms with Gasteiger partial charge >= 0.3 is 5.97 Å². The van der Waals surface area contributed by atoms with E-state index in [1.54, 1.807) is 16.3 Å². The van der Waals surface area contributed by atoms with Crippen molar-refractivity contribution >= 4 is 17.3 Å². The molecule has 0 aliphatic rings. The summed E-state index contributed by atoms with van der Waals surface area (Å²) < 4.78 is 12.4. The Kier molecular flexibility index (Phi) is 5.45. The molecule has 7 heteroatoms. The smallest absolute Gasteiger partial charge is 0.357 e. The Labute approximate surface area is 150 Å². The van der Waals surface area contributed by atoms with Crippen molar-refractivity contribution in [2.75, 3.05) is 13.2 Å². The lowest BCUT2D eigenvalue weighted by Crippen LogP contribution is -2.08. The lowest BCUT2D eigenvalue weighted by molar-refractivity contribution is 0.0503. The van der Waals surface area contributed by atoms with Crippen LogP contribution in [0.15, 0.2) is 42.0 Å². The summed E-state index contributed by atoms with van der Waals surface area (Å²) in [5.41, 5.74) is 2.31.